The van der Waals surface area contributed by atoms with E-state index in [9.17, 15) is 4.79 Å². The average molecular weight is 185 g/mol. The third kappa shape index (κ3) is 3.20. The molecule has 1 amide bonds. The van der Waals surface area contributed by atoms with Crippen LogP contribution < -0.4 is 5.32 Å². The molecule has 0 aliphatic rings. The summed E-state index contributed by atoms with van der Waals surface area (Å²) in [4.78, 5) is 17.8. The van der Waals surface area contributed by atoms with Crippen molar-refractivity contribution in [2.24, 2.45) is 0 Å². The molecule has 64 valence electrons. The number of carbonyl (C=O) groups is 1. The molecule has 1 heterocycles. The summed E-state index contributed by atoms with van der Waals surface area (Å²) in [7, 11) is 0. The van der Waals surface area contributed by atoms with Gasteiger partial charge in [-0.05, 0) is 6.07 Å². The highest BCUT2D eigenvalue weighted by molar-refractivity contribution is 7.99. The molecule has 0 unspecified atom stereocenters. The molecule has 0 bridgehead atoms. The van der Waals surface area contributed by atoms with Crippen LogP contribution >= 0.6 is 11.8 Å². The minimum absolute atomic E-state index is 0.263. The zero-order valence-corrected chi connectivity index (χ0v) is 6.91. The predicted octanol–water partition coefficient (Wildman–Crippen LogP) is 0.794. The van der Waals surface area contributed by atoms with Crippen LogP contribution in [0.1, 0.15) is 0 Å². The lowest BCUT2D eigenvalue weighted by molar-refractivity contribution is 0.196. The minimum Gasteiger partial charge on any atom is -0.465 e. The highest BCUT2D eigenvalue weighted by Crippen LogP contribution is 2.07. The summed E-state index contributed by atoms with van der Waals surface area (Å²) >= 11 is 1.23. The second kappa shape index (κ2) is 4.55. The fraction of sp³-hybridized carbons (Fsp3) is 0.167. The van der Waals surface area contributed by atoms with E-state index in [-0.39, 0.29) is 5.88 Å². The molecule has 1 rings (SSSR count). The topological polar surface area (TPSA) is 75.1 Å². The highest BCUT2D eigenvalue weighted by Gasteiger charge is 1.96. The zero-order valence-electron chi connectivity index (χ0n) is 6.10. The van der Waals surface area contributed by atoms with Gasteiger partial charge in [-0.2, -0.15) is 0 Å². The van der Waals surface area contributed by atoms with Crippen molar-refractivity contribution in [2.45, 2.75) is 5.16 Å². The van der Waals surface area contributed by atoms with Crippen LogP contribution in [0.5, 0.6) is 0 Å². The minimum atomic E-state index is -1.04. The SMILES string of the molecule is O=C(O)NCSc1ncccn1. The molecule has 0 fully saturated rings. The molecule has 0 aliphatic carbocycles. The number of rotatable bonds is 3. The molecule has 0 aromatic carbocycles. The molecule has 6 heteroatoms. The molecule has 0 spiro atoms. The Bertz CT molecular complexity index is 254. The zero-order chi connectivity index (χ0) is 8.81. The van der Waals surface area contributed by atoms with Crippen molar-refractivity contribution < 1.29 is 9.90 Å². The first-order chi connectivity index (χ1) is 5.79. The van der Waals surface area contributed by atoms with E-state index in [0.29, 0.717) is 5.16 Å². The number of hydrogen-bond acceptors (Lipinski definition) is 4. The molecule has 0 radical (unpaired) electrons. The Labute approximate surface area is 73.2 Å². The van der Waals surface area contributed by atoms with E-state index >= 15 is 0 Å². The van der Waals surface area contributed by atoms with E-state index in [0.717, 1.165) is 0 Å². The van der Waals surface area contributed by atoms with Crippen molar-refractivity contribution in [3.05, 3.63) is 18.5 Å². The molecular weight excluding hydrogens is 178 g/mol. The van der Waals surface area contributed by atoms with Gasteiger partial charge >= 0.3 is 6.09 Å². The Morgan fingerprint density at radius 3 is 2.83 bits per heavy atom. The van der Waals surface area contributed by atoms with Gasteiger partial charge in [-0.1, -0.05) is 11.8 Å². The summed E-state index contributed by atoms with van der Waals surface area (Å²) < 4.78 is 0. The van der Waals surface area contributed by atoms with E-state index in [1.807, 2.05) is 0 Å². The number of carboxylic acid groups (broad SMARTS) is 1. The van der Waals surface area contributed by atoms with Gasteiger partial charge in [-0.3, -0.25) is 0 Å². The number of nitrogens with one attached hydrogen (secondary N) is 1. The van der Waals surface area contributed by atoms with Crippen molar-refractivity contribution >= 4 is 17.9 Å². The lowest BCUT2D eigenvalue weighted by Crippen LogP contribution is -2.19. The smallest absolute Gasteiger partial charge is 0.405 e. The Hall–Kier alpha value is -1.30. The number of nitrogens with zero attached hydrogens (tertiary/aromatic N) is 2. The maximum absolute atomic E-state index is 10.0. The molecule has 0 saturated heterocycles. The molecule has 12 heavy (non-hydrogen) atoms. The molecule has 5 nitrogen and oxygen atoms in total. The Morgan fingerprint density at radius 1 is 1.58 bits per heavy atom. The van der Waals surface area contributed by atoms with Crippen LogP contribution in [0.3, 0.4) is 0 Å². The van der Waals surface area contributed by atoms with E-state index in [1.54, 1.807) is 18.5 Å². The van der Waals surface area contributed by atoms with Crippen LogP contribution in [-0.4, -0.2) is 27.0 Å². The van der Waals surface area contributed by atoms with E-state index in [1.165, 1.54) is 11.8 Å². The summed E-state index contributed by atoms with van der Waals surface area (Å²) in [6, 6.07) is 1.70. The standard InChI is InChI=1S/C6H7N3O2S/c10-6(11)9-4-12-5-7-2-1-3-8-5/h1-3,9H,4H2,(H,10,11). The van der Waals surface area contributed by atoms with Gasteiger partial charge in [0.2, 0.25) is 0 Å². The third-order valence-electron chi connectivity index (χ3n) is 0.967. The van der Waals surface area contributed by atoms with Gasteiger partial charge in [0.15, 0.2) is 5.16 Å². The van der Waals surface area contributed by atoms with Gasteiger partial charge in [-0.25, -0.2) is 14.8 Å². The van der Waals surface area contributed by atoms with Crippen molar-refractivity contribution in [3.63, 3.8) is 0 Å². The molecule has 0 atom stereocenters. The highest BCUT2D eigenvalue weighted by atomic mass is 32.2. The van der Waals surface area contributed by atoms with Crippen LogP contribution in [0.2, 0.25) is 0 Å². The molecule has 1 aromatic rings. The maximum Gasteiger partial charge on any atom is 0.405 e. The molecule has 1 aromatic heterocycles. The molecular formula is C6H7N3O2S. The maximum atomic E-state index is 10.0. The summed E-state index contributed by atoms with van der Waals surface area (Å²) in [5.74, 6) is 0.263. The van der Waals surface area contributed by atoms with Crippen molar-refractivity contribution in [3.8, 4) is 0 Å². The summed E-state index contributed by atoms with van der Waals surface area (Å²) in [6.07, 6.45) is 2.17. The van der Waals surface area contributed by atoms with Crippen molar-refractivity contribution in [1.82, 2.24) is 15.3 Å². The lowest BCUT2D eigenvalue weighted by atomic mass is 10.7. The number of hydrogen-bond donors (Lipinski definition) is 2. The number of aromatic nitrogens is 2. The first-order valence-corrected chi connectivity index (χ1v) is 4.14. The van der Waals surface area contributed by atoms with E-state index in [2.05, 4.69) is 15.3 Å². The van der Waals surface area contributed by atoms with Gasteiger partial charge in [0.05, 0.1) is 5.88 Å². The van der Waals surface area contributed by atoms with Gasteiger partial charge in [0.25, 0.3) is 0 Å². The monoisotopic (exact) mass is 185 g/mol. The van der Waals surface area contributed by atoms with Gasteiger partial charge in [-0.15, -0.1) is 0 Å². The lowest BCUT2D eigenvalue weighted by Gasteiger charge is -1.97. The molecule has 0 aliphatic heterocycles. The van der Waals surface area contributed by atoms with Crippen molar-refractivity contribution in [1.29, 1.82) is 0 Å². The fourth-order valence-electron chi connectivity index (χ4n) is 0.522. The van der Waals surface area contributed by atoms with E-state index < -0.39 is 6.09 Å². The first kappa shape index (κ1) is 8.79. The number of thioether (sulfide) groups is 1. The second-order valence-electron chi connectivity index (χ2n) is 1.80. The predicted molar refractivity (Wildman–Crippen MR) is 43.9 cm³/mol. The largest absolute Gasteiger partial charge is 0.465 e. The Balaban J connectivity index is 2.29. The van der Waals surface area contributed by atoms with Crippen LogP contribution in [0, 0.1) is 0 Å². The molecule has 2 N–H and O–H groups in total. The first-order valence-electron chi connectivity index (χ1n) is 3.15. The van der Waals surface area contributed by atoms with Crippen LogP contribution in [0.25, 0.3) is 0 Å². The average Bonchev–Trinajstić information content (AvgIpc) is 2.05. The van der Waals surface area contributed by atoms with Gasteiger partial charge in [0.1, 0.15) is 0 Å². The summed E-state index contributed by atoms with van der Waals surface area (Å²) in [5, 5.41) is 11.0. The van der Waals surface area contributed by atoms with Crippen LogP contribution in [-0.2, 0) is 0 Å². The fourth-order valence-corrected chi connectivity index (χ4v) is 1.12. The number of amides is 1. The van der Waals surface area contributed by atoms with Crippen LogP contribution in [0.4, 0.5) is 4.79 Å². The van der Waals surface area contributed by atoms with Gasteiger partial charge < -0.3 is 10.4 Å². The summed E-state index contributed by atoms with van der Waals surface area (Å²) in [5.41, 5.74) is 0. The normalized spacial score (nSPS) is 9.33. The van der Waals surface area contributed by atoms with Crippen molar-refractivity contribution in [2.75, 3.05) is 5.88 Å². The third-order valence-corrected chi connectivity index (χ3v) is 1.72. The second-order valence-corrected chi connectivity index (χ2v) is 2.74. The quantitative estimate of drug-likeness (QED) is 0.413. The molecule has 0 saturated carbocycles. The van der Waals surface area contributed by atoms with E-state index in [4.69, 9.17) is 5.11 Å². The van der Waals surface area contributed by atoms with Gasteiger partial charge in [0, 0.05) is 12.4 Å². The Morgan fingerprint density at radius 2 is 2.25 bits per heavy atom. The summed E-state index contributed by atoms with van der Waals surface area (Å²) in [6.45, 7) is 0. The Kier molecular flexibility index (Phi) is 3.34. The van der Waals surface area contributed by atoms with Crippen LogP contribution in [0.15, 0.2) is 23.6 Å².